The molecule has 0 aromatic heterocycles. The quantitative estimate of drug-likeness (QED) is 0.659. The first-order valence-electron chi connectivity index (χ1n) is 10.5. The van der Waals surface area contributed by atoms with E-state index in [2.05, 4.69) is 12.2 Å². The highest BCUT2D eigenvalue weighted by molar-refractivity contribution is 5.99. The summed E-state index contributed by atoms with van der Waals surface area (Å²) in [5.41, 5.74) is 1.67. The SMILES string of the molecule is CC[C@@H](CNC(=O)[C@H](C)OC(=O)CN1C(=O)CCOc2ccccc21)c1ccccc1. The molecule has 7 nitrogen and oxygen atoms in total. The van der Waals surface area contributed by atoms with E-state index in [1.54, 1.807) is 24.3 Å². The van der Waals surface area contributed by atoms with Crippen LogP contribution in [0.5, 0.6) is 5.75 Å². The lowest BCUT2D eigenvalue weighted by atomic mass is 9.96. The van der Waals surface area contributed by atoms with Crippen molar-refractivity contribution in [1.82, 2.24) is 5.32 Å². The van der Waals surface area contributed by atoms with Crippen molar-refractivity contribution < 1.29 is 23.9 Å². The van der Waals surface area contributed by atoms with Gasteiger partial charge in [0.15, 0.2) is 6.10 Å². The van der Waals surface area contributed by atoms with E-state index in [4.69, 9.17) is 9.47 Å². The molecule has 2 amide bonds. The molecule has 0 aliphatic carbocycles. The number of hydrogen-bond acceptors (Lipinski definition) is 5. The minimum Gasteiger partial charge on any atom is -0.491 e. The van der Waals surface area contributed by atoms with Crippen LogP contribution in [0.2, 0.25) is 0 Å². The molecule has 2 aromatic rings. The number of anilines is 1. The summed E-state index contributed by atoms with van der Waals surface area (Å²) < 4.78 is 10.9. The zero-order chi connectivity index (χ0) is 22.2. The third-order valence-corrected chi connectivity index (χ3v) is 5.28. The summed E-state index contributed by atoms with van der Waals surface area (Å²) in [7, 11) is 0. The highest BCUT2D eigenvalue weighted by Gasteiger charge is 2.27. The second-order valence-corrected chi connectivity index (χ2v) is 7.44. The van der Waals surface area contributed by atoms with Gasteiger partial charge >= 0.3 is 5.97 Å². The summed E-state index contributed by atoms with van der Waals surface area (Å²) in [6, 6.07) is 17.0. The first kappa shape index (κ1) is 22.3. The van der Waals surface area contributed by atoms with Crippen LogP contribution in [0.25, 0.3) is 0 Å². The number of amides is 2. The molecular formula is C24H28N2O5. The van der Waals surface area contributed by atoms with Gasteiger partial charge < -0.3 is 14.8 Å². The number of nitrogens with zero attached hydrogens (tertiary/aromatic N) is 1. The summed E-state index contributed by atoms with van der Waals surface area (Å²) in [6.07, 6.45) is 0.0711. The van der Waals surface area contributed by atoms with Gasteiger partial charge in [-0.05, 0) is 31.0 Å². The molecule has 3 rings (SSSR count). The third kappa shape index (κ3) is 5.84. The van der Waals surface area contributed by atoms with Crippen molar-refractivity contribution in [2.75, 3.05) is 24.6 Å². The lowest BCUT2D eigenvalue weighted by Crippen LogP contribution is -2.41. The van der Waals surface area contributed by atoms with E-state index in [-0.39, 0.29) is 37.3 Å². The maximum absolute atomic E-state index is 12.5. The van der Waals surface area contributed by atoms with Crippen molar-refractivity contribution in [2.45, 2.75) is 38.7 Å². The van der Waals surface area contributed by atoms with Crippen LogP contribution in [0.4, 0.5) is 5.69 Å². The fourth-order valence-corrected chi connectivity index (χ4v) is 3.50. The molecule has 2 atom stereocenters. The Morgan fingerprint density at radius 2 is 1.84 bits per heavy atom. The van der Waals surface area contributed by atoms with Gasteiger partial charge in [0, 0.05) is 12.5 Å². The molecule has 0 saturated heterocycles. The van der Waals surface area contributed by atoms with Crippen molar-refractivity contribution >= 4 is 23.5 Å². The first-order valence-corrected chi connectivity index (χ1v) is 10.5. The topological polar surface area (TPSA) is 84.9 Å². The molecule has 0 radical (unpaired) electrons. The number of benzene rings is 2. The van der Waals surface area contributed by atoms with Gasteiger partial charge in [-0.15, -0.1) is 0 Å². The smallest absolute Gasteiger partial charge is 0.326 e. The maximum atomic E-state index is 12.5. The average Bonchev–Trinajstić information content (AvgIpc) is 2.93. The Hall–Kier alpha value is -3.35. The predicted octanol–water partition coefficient (Wildman–Crippen LogP) is 3.04. The second-order valence-electron chi connectivity index (χ2n) is 7.44. The first-order chi connectivity index (χ1) is 15.0. The van der Waals surface area contributed by atoms with Gasteiger partial charge in [-0.25, -0.2) is 0 Å². The predicted molar refractivity (Wildman–Crippen MR) is 117 cm³/mol. The molecule has 1 aliphatic rings. The summed E-state index contributed by atoms with van der Waals surface area (Å²) >= 11 is 0. The number of carbonyl (C=O) groups is 3. The molecule has 0 fully saturated rings. The van der Waals surface area contributed by atoms with E-state index in [0.29, 0.717) is 18.0 Å². The Morgan fingerprint density at radius 3 is 2.58 bits per heavy atom. The molecule has 0 unspecified atom stereocenters. The number of para-hydroxylation sites is 2. The van der Waals surface area contributed by atoms with Crippen LogP contribution in [0, 0.1) is 0 Å². The molecule has 0 spiro atoms. The highest BCUT2D eigenvalue weighted by atomic mass is 16.5. The van der Waals surface area contributed by atoms with Gasteiger partial charge in [0.25, 0.3) is 5.91 Å². The zero-order valence-corrected chi connectivity index (χ0v) is 17.9. The van der Waals surface area contributed by atoms with Crippen LogP contribution in [0.3, 0.4) is 0 Å². The van der Waals surface area contributed by atoms with E-state index < -0.39 is 12.1 Å². The summed E-state index contributed by atoms with van der Waals surface area (Å²) in [5.74, 6) is -0.526. The van der Waals surface area contributed by atoms with E-state index in [1.165, 1.54) is 11.8 Å². The molecule has 1 heterocycles. The summed E-state index contributed by atoms with van der Waals surface area (Å²) in [5, 5.41) is 2.86. The van der Waals surface area contributed by atoms with Crippen molar-refractivity contribution in [3.05, 3.63) is 60.2 Å². The van der Waals surface area contributed by atoms with Gasteiger partial charge in [0.05, 0.1) is 18.7 Å². The molecule has 0 saturated carbocycles. The lowest BCUT2D eigenvalue weighted by molar-refractivity contribution is -0.153. The fourth-order valence-electron chi connectivity index (χ4n) is 3.50. The Labute approximate surface area is 182 Å². The number of rotatable bonds is 8. The van der Waals surface area contributed by atoms with Gasteiger partial charge in [0.1, 0.15) is 12.3 Å². The van der Waals surface area contributed by atoms with Gasteiger partial charge in [-0.2, -0.15) is 0 Å². The maximum Gasteiger partial charge on any atom is 0.326 e. The average molecular weight is 424 g/mol. The number of carbonyl (C=O) groups excluding carboxylic acids is 3. The number of fused-ring (bicyclic) bond motifs is 1. The van der Waals surface area contributed by atoms with E-state index in [9.17, 15) is 14.4 Å². The van der Waals surface area contributed by atoms with E-state index >= 15 is 0 Å². The Kier molecular flexibility index (Phi) is 7.65. The Balaban J connectivity index is 1.55. The lowest BCUT2D eigenvalue weighted by Gasteiger charge is -2.22. The monoisotopic (exact) mass is 424 g/mol. The normalized spacial score (nSPS) is 15.2. The third-order valence-electron chi connectivity index (χ3n) is 5.28. The largest absolute Gasteiger partial charge is 0.491 e. The van der Waals surface area contributed by atoms with Gasteiger partial charge in [-0.1, -0.05) is 49.4 Å². The van der Waals surface area contributed by atoms with Crippen molar-refractivity contribution in [1.29, 1.82) is 0 Å². The van der Waals surface area contributed by atoms with E-state index in [1.807, 2.05) is 30.3 Å². The van der Waals surface area contributed by atoms with Crippen LogP contribution in [-0.2, 0) is 19.1 Å². The highest BCUT2D eigenvalue weighted by Crippen LogP contribution is 2.30. The van der Waals surface area contributed by atoms with Crippen LogP contribution in [0.1, 0.15) is 38.2 Å². The number of ether oxygens (including phenoxy) is 2. The van der Waals surface area contributed by atoms with Crippen LogP contribution >= 0.6 is 0 Å². The second kappa shape index (κ2) is 10.6. The molecule has 1 N–H and O–H groups in total. The number of hydrogen-bond donors (Lipinski definition) is 1. The van der Waals surface area contributed by atoms with Crippen molar-refractivity contribution in [2.24, 2.45) is 0 Å². The molecule has 0 bridgehead atoms. The van der Waals surface area contributed by atoms with Gasteiger partial charge in [0.2, 0.25) is 5.91 Å². The molecule has 2 aromatic carbocycles. The standard InChI is InChI=1S/C24H28N2O5/c1-3-18(19-9-5-4-6-10-19)15-25-24(29)17(2)31-23(28)16-26-20-11-7-8-12-21(20)30-14-13-22(26)27/h4-12,17-18H,3,13-16H2,1-2H3,(H,25,29)/t17-,18-/m0/s1. The molecular weight excluding hydrogens is 396 g/mol. The molecule has 7 heteroatoms. The minimum absolute atomic E-state index is 0.163. The van der Waals surface area contributed by atoms with Crippen molar-refractivity contribution in [3.8, 4) is 5.75 Å². The summed E-state index contributed by atoms with van der Waals surface area (Å²) in [4.78, 5) is 38.7. The molecule has 164 valence electrons. The fraction of sp³-hybridized carbons (Fsp3) is 0.375. The number of nitrogens with one attached hydrogen (secondary N) is 1. The minimum atomic E-state index is -0.964. The molecule has 1 aliphatic heterocycles. The van der Waals surface area contributed by atoms with Crippen LogP contribution in [-0.4, -0.2) is 43.6 Å². The summed E-state index contributed by atoms with van der Waals surface area (Å²) in [6.45, 7) is 4.01. The Morgan fingerprint density at radius 1 is 1.13 bits per heavy atom. The Bertz CT molecular complexity index is 915. The zero-order valence-electron chi connectivity index (χ0n) is 17.9. The van der Waals surface area contributed by atoms with E-state index in [0.717, 1.165) is 12.0 Å². The van der Waals surface area contributed by atoms with Gasteiger partial charge in [-0.3, -0.25) is 19.3 Å². The van der Waals surface area contributed by atoms with Crippen molar-refractivity contribution in [3.63, 3.8) is 0 Å². The molecule has 31 heavy (non-hydrogen) atoms. The number of esters is 1. The van der Waals surface area contributed by atoms with Crippen LogP contribution in [0.15, 0.2) is 54.6 Å². The van der Waals surface area contributed by atoms with Crippen LogP contribution < -0.4 is 15.0 Å².